The van der Waals surface area contributed by atoms with Gasteiger partial charge in [0.2, 0.25) is 5.91 Å². The Morgan fingerprint density at radius 2 is 1.35 bits per heavy atom. The van der Waals surface area contributed by atoms with Gasteiger partial charge in [0.15, 0.2) is 0 Å². The average Bonchev–Trinajstić information content (AvgIpc) is 2.33. The number of hydrogen-bond donors (Lipinski definition) is 3. The third kappa shape index (κ3) is 3.41. The van der Waals surface area contributed by atoms with Crippen LogP contribution in [0.3, 0.4) is 0 Å². The number of carbonyl (C=O) groups is 3. The Balaban J connectivity index is 3.75. The maximum Gasteiger partial charge on any atom is 0.250 e. The fraction of sp³-hybridized carbons (Fsp3) is 0. The molecule has 0 aliphatic rings. The molecule has 5 N–H and O–H groups in total. The molecule has 0 saturated carbocycles. The van der Waals surface area contributed by atoms with Crippen molar-refractivity contribution in [3.05, 3.63) is 34.5 Å². The highest BCUT2D eigenvalue weighted by Crippen LogP contribution is 2.35. The molecule has 0 unspecified atom stereocenters. The maximum absolute atomic E-state index is 11.6. The first-order valence-corrected chi connectivity index (χ1v) is 8.19. The summed E-state index contributed by atoms with van der Waals surface area (Å²) >= 11 is 5.61. The van der Waals surface area contributed by atoms with Gasteiger partial charge in [-0.05, 0) is 73.8 Å². The van der Waals surface area contributed by atoms with Gasteiger partial charge in [0.1, 0.15) is 0 Å². The molecular formula is C11H8I3N3O3. The zero-order valence-electron chi connectivity index (χ0n) is 9.80. The highest BCUT2D eigenvalue weighted by Gasteiger charge is 2.26. The van der Waals surface area contributed by atoms with Crippen LogP contribution in [0.25, 0.3) is 0 Å². The summed E-state index contributed by atoms with van der Waals surface area (Å²) in [6, 6.07) is 0. The number of carbonyl (C=O) groups excluding carboxylic acids is 3. The van der Waals surface area contributed by atoms with Gasteiger partial charge in [0.25, 0.3) is 11.8 Å². The van der Waals surface area contributed by atoms with Crippen LogP contribution in [0, 0.1) is 10.7 Å². The molecule has 0 atom stereocenters. The van der Waals surface area contributed by atoms with Crippen LogP contribution in [-0.2, 0) is 4.79 Å². The molecule has 0 bridgehead atoms. The van der Waals surface area contributed by atoms with Gasteiger partial charge < -0.3 is 16.8 Å². The van der Waals surface area contributed by atoms with Crippen LogP contribution in [0.4, 0.5) is 5.69 Å². The van der Waals surface area contributed by atoms with Crippen LogP contribution >= 0.6 is 67.8 Å². The third-order valence-electron chi connectivity index (χ3n) is 2.24. The Kier molecular flexibility index (Phi) is 6.18. The molecular weight excluding hydrogens is 603 g/mol. The first-order valence-electron chi connectivity index (χ1n) is 4.95. The highest BCUT2D eigenvalue weighted by atomic mass is 127. The van der Waals surface area contributed by atoms with Gasteiger partial charge in [-0.25, -0.2) is 0 Å². The van der Waals surface area contributed by atoms with Crippen LogP contribution in [-0.4, -0.2) is 17.7 Å². The van der Waals surface area contributed by atoms with E-state index in [2.05, 4.69) is 11.9 Å². The Morgan fingerprint density at radius 3 is 1.65 bits per heavy atom. The van der Waals surface area contributed by atoms with Gasteiger partial charge in [-0.15, -0.1) is 0 Å². The van der Waals surface area contributed by atoms with E-state index in [1.807, 2.05) is 67.8 Å². The number of nitrogens with one attached hydrogen (secondary N) is 1. The first-order chi connectivity index (χ1) is 9.22. The molecule has 0 aliphatic heterocycles. The minimum atomic E-state index is -0.702. The van der Waals surface area contributed by atoms with Gasteiger partial charge in [0.05, 0.1) is 24.0 Å². The van der Waals surface area contributed by atoms with Crippen molar-refractivity contribution >= 4 is 91.2 Å². The van der Waals surface area contributed by atoms with E-state index in [0.717, 1.165) is 6.08 Å². The standard InChI is InChI=1S/C11H8I3N3O3/c1-2-3(18)17-9-7(13)4(10(15)19)6(12)5(8(9)14)11(16)20/h2H,1H2,(H2,15,19)(H2,16,20)(H,17,18). The smallest absolute Gasteiger partial charge is 0.250 e. The summed E-state index contributed by atoms with van der Waals surface area (Å²) in [7, 11) is 0. The number of amides is 3. The van der Waals surface area contributed by atoms with E-state index in [-0.39, 0.29) is 11.1 Å². The molecule has 9 heteroatoms. The predicted molar refractivity (Wildman–Crippen MR) is 100 cm³/mol. The van der Waals surface area contributed by atoms with E-state index in [1.165, 1.54) is 0 Å². The molecule has 0 aromatic heterocycles. The van der Waals surface area contributed by atoms with Crippen molar-refractivity contribution in [2.75, 3.05) is 5.32 Å². The third-order valence-corrected chi connectivity index (χ3v) is 5.48. The largest absolute Gasteiger partial charge is 0.366 e. The Hall–Kier alpha value is -0.440. The lowest BCUT2D eigenvalue weighted by Crippen LogP contribution is -2.24. The van der Waals surface area contributed by atoms with Crippen LogP contribution < -0.4 is 16.8 Å². The number of halogens is 3. The molecule has 1 aromatic carbocycles. The van der Waals surface area contributed by atoms with Crippen molar-refractivity contribution in [2.24, 2.45) is 11.5 Å². The topological polar surface area (TPSA) is 115 Å². The van der Waals surface area contributed by atoms with Crippen molar-refractivity contribution in [2.45, 2.75) is 0 Å². The molecule has 0 radical (unpaired) electrons. The minimum Gasteiger partial charge on any atom is -0.366 e. The molecule has 0 saturated heterocycles. The summed E-state index contributed by atoms with van der Waals surface area (Å²) < 4.78 is 1.27. The molecule has 0 aliphatic carbocycles. The second-order valence-electron chi connectivity index (χ2n) is 3.49. The summed E-state index contributed by atoms with van der Waals surface area (Å²) in [4.78, 5) is 34.6. The van der Waals surface area contributed by atoms with E-state index in [9.17, 15) is 14.4 Å². The fourth-order valence-electron chi connectivity index (χ4n) is 1.38. The lowest BCUT2D eigenvalue weighted by atomic mass is 10.1. The van der Waals surface area contributed by atoms with Crippen molar-refractivity contribution in [1.82, 2.24) is 0 Å². The van der Waals surface area contributed by atoms with E-state index < -0.39 is 17.7 Å². The summed E-state index contributed by atoms with van der Waals surface area (Å²) in [6.45, 7) is 3.35. The highest BCUT2D eigenvalue weighted by molar-refractivity contribution is 14.1. The van der Waals surface area contributed by atoms with E-state index in [4.69, 9.17) is 11.5 Å². The first kappa shape index (κ1) is 17.6. The molecule has 106 valence electrons. The molecule has 1 rings (SSSR count). The summed E-state index contributed by atoms with van der Waals surface area (Å²) in [5.74, 6) is -1.87. The van der Waals surface area contributed by atoms with Gasteiger partial charge in [-0.1, -0.05) is 6.58 Å². The van der Waals surface area contributed by atoms with Crippen LogP contribution in [0.1, 0.15) is 20.7 Å². The average molecular weight is 611 g/mol. The summed E-state index contributed by atoms with van der Waals surface area (Å²) in [6.07, 6.45) is 1.08. The second kappa shape index (κ2) is 7.02. The molecule has 0 spiro atoms. The molecule has 6 nitrogen and oxygen atoms in total. The molecule has 3 amide bonds. The van der Waals surface area contributed by atoms with Crippen LogP contribution in [0.15, 0.2) is 12.7 Å². The minimum absolute atomic E-state index is 0.153. The van der Waals surface area contributed by atoms with Crippen molar-refractivity contribution in [1.29, 1.82) is 0 Å². The quantitative estimate of drug-likeness (QED) is 0.357. The summed E-state index contributed by atoms with van der Waals surface area (Å²) in [5.41, 5.74) is 11.3. The Morgan fingerprint density at radius 1 is 0.950 bits per heavy atom. The predicted octanol–water partition coefficient (Wildman–Crippen LogP) is 1.82. The normalized spacial score (nSPS) is 9.95. The maximum atomic E-state index is 11.6. The second-order valence-corrected chi connectivity index (χ2v) is 6.73. The van der Waals surface area contributed by atoms with Gasteiger partial charge in [0, 0.05) is 3.57 Å². The molecule has 1 aromatic rings. The van der Waals surface area contributed by atoms with Crippen molar-refractivity contribution in [3.63, 3.8) is 0 Å². The zero-order valence-corrected chi connectivity index (χ0v) is 16.3. The van der Waals surface area contributed by atoms with Crippen LogP contribution in [0.2, 0.25) is 0 Å². The Labute approximate surface area is 155 Å². The number of nitrogens with two attached hydrogens (primary N) is 2. The monoisotopic (exact) mass is 611 g/mol. The lowest BCUT2D eigenvalue weighted by Gasteiger charge is -2.16. The SMILES string of the molecule is C=CC(=O)Nc1c(I)c(C(N)=O)c(I)c(C(N)=O)c1I. The molecule has 0 fully saturated rings. The van der Waals surface area contributed by atoms with Crippen molar-refractivity contribution < 1.29 is 14.4 Å². The zero-order chi connectivity index (χ0) is 15.6. The number of primary amides is 2. The van der Waals surface area contributed by atoms with Gasteiger partial charge in [-0.2, -0.15) is 0 Å². The van der Waals surface area contributed by atoms with Gasteiger partial charge >= 0.3 is 0 Å². The number of benzene rings is 1. The number of rotatable bonds is 4. The van der Waals surface area contributed by atoms with Gasteiger partial charge in [-0.3, -0.25) is 14.4 Å². The number of anilines is 1. The van der Waals surface area contributed by atoms with Crippen LogP contribution in [0.5, 0.6) is 0 Å². The van der Waals surface area contributed by atoms with E-state index in [1.54, 1.807) is 0 Å². The Bertz CT molecular complexity index is 603. The summed E-state index contributed by atoms with van der Waals surface area (Å²) in [5, 5.41) is 2.56. The van der Waals surface area contributed by atoms with Crippen molar-refractivity contribution in [3.8, 4) is 0 Å². The number of hydrogen-bond acceptors (Lipinski definition) is 3. The fourth-order valence-corrected chi connectivity index (χ4v) is 5.88. The molecule has 0 heterocycles. The lowest BCUT2D eigenvalue weighted by molar-refractivity contribution is -0.111. The van der Waals surface area contributed by atoms with E-state index >= 15 is 0 Å². The molecule has 20 heavy (non-hydrogen) atoms. The van der Waals surface area contributed by atoms with E-state index in [0.29, 0.717) is 16.4 Å².